The number of rotatable bonds is 4. The quantitative estimate of drug-likeness (QED) is 0.759. The van der Waals surface area contributed by atoms with Crippen LogP contribution in [0.5, 0.6) is 0 Å². The van der Waals surface area contributed by atoms with Gasteiger partial charge in [-0.05, 0) is 49.5 Å². The van der Waals surface area contributed by atoms with Gasteiger partial charge in [0.25, 0.3) is 0 Å². The fraction of sp³-hybridized carbons (Fsp3) is 0.667. The van der Waals surface area contributed by atoms with E-state index in [4.69, 9.17) is 4.74 Å². The molecular formula is C15H22O2S. The first-order valence-corrected chi connectivity index (χ1v) is 7.64. The van der Waals surface area contributed by atoms with Crippen LogP contribution in [0.1, 0.15) is 56.8 Å². The molecule has 0 radical (unpaired) electrons. The van der Waals surface area contributed by atoms with Gasteiger partial charge in [-0.25, -0.2) is 0 Å². The van der Waals surface area contributed by atoms with Crippen LogP contribution >= 0.6 is 11.3 Å². The van der Waals surface area contributed by atoms with Crippen LogP contribution in [0, 0.1) is 5.41 Å². The van der Waals surface area contributed by atoms with Crippen LogP contribution in [0.3, 0.4) is 0 Å². The van der Waals surface area contributed by atoms with Crippen LogP contribution in [0.2, 0.25) is 0 Å². The molecule has 0 bridgehead atoms. The predicted octanol–water partition coefficient (Wildman–Crippen LogP) is 4.31. The van der Waals surface area contributed by atoms with Crippen molar-refractivity contribution in [1.82, 2.24) is 0 Å². The van der Waals surface area contributed by atoms with E-state index >= 15 is 0 Å². The molecule has 0 amide bonds. The smallest absolute Gasteiger partial charge is 0.195 e. The van der Waals surface area contributed by atoms with E-state index < -0.39 is 5.60 Å². The lowest BCUT2D eigenvalue weighted by Gasteiger charge is -2.42. The average molecular weight is 266 g/mol. The third kappa shape index (κ3) is 2.67. The van der Waals surface area contributed by atoms with E-state index in [1.807, 2.05) is 23.8 Å². The highest BCUT2D eigenvalue weighted by Gasteiger charge is 2.44. The van der Waals surface area contributed by atoms with Crippen molar-refractivity contribution >= 4 is 17.1 Å². The van der Waals surface area contributed by atoms with Crippen LogP contribution < -0.4 is 0 Å². The Morgan fingerprint density at radius 3 is 2.50 bits per heavy atom. The Hall–Kier alpha value is -0.670. The summed E-state index contributed by atoms with van der Waals surface area (Å²) < 4.78 is 5.90. The number of Topliss-reactive ketones (excluding diaryl/α,β-unsaturated/α-hetero) is 1. The van der Waals surface area contributed by atoms with Gasteiger partial charge in [-0.15, -0.1) is 0 Å². The minimum Gasteiger partial charge on any atom is -0.367 e. The fourth-order valence-electron chi connectivity index (χ4n) is 2.70. The molecule has 0 N–H and O–H groups in total. The zero-order valence-electron chi connectivity index (χ0n) is 11.5. The van der Waals surface area contributed by atoms with Crippen LogP contribution in [0.15, 0.2) is 16.8 Å². The number of carbonyl (C=O) groups is 1. The molecule has 2 nitrogen and oxygen atoms in total. The largest absolute Gasteiger partial charge is 0.367 e. The molecule has 1 aliphatic rings. The Morgan fingerprint density at radius 2 is 2.00 bits per heavy atom. The normalized spacial score (nSPS) is 21.7. The summed E-state index contributed by atoms with van der Waals surface area (Å²) in [6, 6.07) is 1.91. The van der Waals surface area contributed by atoms with Gasteiger partial charge in [0.15, 0.2) is 5.78 Å². The van der Waals surface area contributed by atoms with E-state index in [2.05, 4.69) is 13.8 Å². The van der Waals surface area contributed by atoms with Crippen molar-refractivity contribution in [3.05, 3.63) is 22.4 Å². The predicted molar refractivity (Wildman–Crippen MR) is 75.3 cm³/mol. The first-order chi connectivity index (χ1) is 8.49. The molecular weight excluding hydrogens is 244 g/mol. The van der Waals surface area contributed by atoms with Crippen LogP contribution in [0.4, 0.5) is 0 Å². The standard InChI is InChI=1S/C15H22O2S/c1-4-17-15(8-6-14(2,3)7-9-15)13(16)12-5-10-18-11-12/h5,10-11H,4,6-9H2,1-3H3. The van der Waals surface area contributed by atoms with Crippen LogP contribution in [-0.2, 0) is 4.74 Å². The second-order valence-corrected chi connectivity index (χ2v) is 6.71. The van der Waals surface area contributed by atoms with Crippen molar-refractivity contribution in [3.8, 4) is 0 Å². The molecule has 0 aliphatic heterocycles. The molecule has 100 valence electrons. The molecule has 18 heavy (non-hydrogen) atoms. The second kappa shape index (κ2) is 5.14. The Bertz CT molecular complexity index is 396. The lowest BCUT2D eigenvalue weighted by molar-refractivity contribution is -0.0580. The lowest BCUT2D eigenvalue weighted by Crippen LogP contribution is -2.46. The molecule has 1 aromatic heterocycles. The Balaban J connectivity index is 2.20. The zero-order valence-corrected chi connectivity index (χ0v) is 12.3. The maximum Gasteiger partial charge on any atom is 0.195 e. The molecule has 1 heterocycles. The fourth-order valence-corrected chi connectivity index (χ4v) is 3.34. The van der Waals surface area contributed by atoms with Gasteiger partial charge in [-0.3, -0.25) is 4.79 Å². The summed E-state index contributed by atoms with van der Waals surface area (Å²) in [7, 11) is 0. The monoisotopic (exact) mass is 266 g/mol. The molecule has 0 spiro atoms. The van der Waals surface area contributed by atoms with E-state index in [9.17, 15) is 4.79 Å². The van der Waals surface area contributed by atoms with E-state index in [0.29, 0.717) is 12.0 Å². The van der Waals surface area contributed by atoms with Gasteiger partial charge in [-0.2, -0.15) is 11.3 Å². The third-order valence-electron chi connectivity index (χ3n) is 4.03. The second-order valence-electron chi connectivity index (χ2n) is 5.93. The number of ether oxygens (including phenoxy) is 1. The summed E-state index contributed by atoms with van der Waals surface area (Å²) in [5, 5.41) is 3.89. The highest BCUT2D eigenvalue weighted by atomic mass is 32.1. The van der Waals surface area contributed by atoms with Crippen molar-refractivity contribution in [2.75, 3.05) is 6.61 Å². The van der Waals surface area contributed by atoms with Crippen LogP contribution in [0.25, 0.3) is 0 Å². The van der Waals surface area contributed by atoms with Crippen molar-refractivity contribution < 1.29 is 9.53 Å². The van der Waals surface area contributed by atoms with Crippen molar-refractivity contribution in [2.45, 2.75) is 52.1 Å². The molecule has 1 aliphatic carbocycles. The zero-order chi connectivity index (χ0) is 13.2. The summed E-state index contributed by atoms with van der Waals surface area (Å²) in [5.41, 5.74) is 0.592. The molecule has 3 heteroatoms. The summed E-state index contributed by atoms with van der Waals surface area (Å²) in [4.78, 5) is 12.7. The topological polar surface area (TPSA) is 26.3 Å². The number of carbonyl (C=O) groups excluding carboxylic acids is 1. The van der Waals surface area contributed by atoms with E-state index in [1.165, 1.54) is 0 Å². The van der Waals surface area contributed by atoms with Crippen LogP contribution in [-0.4, -0.2) is 18.0 Å². The number of ketones is 1. The van der Waals surface area contributed by atoms with E-state index in [1.54, 1.807) is 11.3 Å². The summed E-state index contributed by atoms with van der Waals surface area (Å²) in [5.74, 6) is 0.182. The molecule has 0 aromatic carbocycles. The third-order valence-corrected chi connectivity index (χ3v) is 4.71. The van der Waals surface area contributed by atoms with Gasteiger partial charge in [-0.1, -0.05) is 13.8 Å². The Morgan fingerprint density at radius 1 is 1.33 bits per heavy atom. The van der Waals surface area contributed by atoms with E-state index in [-0.39, 0.29) is 5.78 Å². The summed E-state index contributed by atoms with van der Waals surface area (Å²) in [6.45, 7) is 7.13. The molecule has 1 saturated carbocycles. The Kier molecular flexibility index (Phi) is 3.93. The van der Waals surface area contributed by atoms with Gasteiger partial charge >= 0.3 is 0 Å². The number of thiophene rings is 1. The highest BCUT2D eigenvalue weighted by Crippen LogP contribution is 2.43. The maximum atomic E-state index is 12.7. The lowest BCUT2D eigenvalue weighted by atomic mass is 9.69. The van der Waals surface area contributed by atoms with Crippen molar-refractivity contribution in [1.29, 1.82) is 0 Å². The molecule has 0 saturated heterocycles. The first kappa shape index (κ1) is 13.8. The first-order valence-electron chi connectivity index (χ1n) is 6.70. The number of hydrogen-bond donors (Lipinski definition) is 0. The van der Waals surface area contributed by atoms with Gasteiger partial charge in [0.2, 0.25) is 0 Å². The molecule has 2 rings (SSSR count). The van der Waals surface area contributed by atoms with Gasteiger partial charge in [0.1, 0.15) is 5.60 Å². The summed E-state index contributed by atoms with van der Waals surface area (Å²) >= 11 is 1.57. The minimum absolute atomic E-state index is 0.182. The maximum absolute atomic E-state index is 12.7. The highest BCUT2D eigenvalue weighted by molar-refractivity contribution is 7.08. The Labute approximate surface area is 113 Å². The minimum atomic E-state index is -0.564. The van der Waals surface area contributed by atoms with Crippen molar-refractivity contribution in [3.63, 3.8) is 0 Å². The van der Waals surface area contributed by atoms with E-state index in [0.717, 1.165) is 31.2 Å². The SMILES string of the molecule is CCOC1(C(=O)c2ccsc2)CCC(C)(C)CC1. The molecule has 0 unspecified atom stereocenters. The summed E-state index contributed by atoms with van der Waals surface area (Å²) in [6.07, 6.45) is 3.82. The molecule has 0 atom stereocenters. The van der Waals surface area contributed by atoms with Gasteiger partial charge in [0, 0.05) is 17.6 Å². The molecule has 1 aromatic rings. The number of hydrogen-bond acceptors (Lipinski definition) is 3. The average Bonchev–Trinajstić information content (AvgIpc) is 2.85. The van der Waals surface area contributed by atoms with Gasteiger partial charge < -0.3 is 4.74 Å². The van der Waals surface area contributed by atoms with Crippen molar-refractivity contribution in [2.24, 2.45) is 5.41 Å². The molecule has 1 fully saturated rings. The van der Waals surface area contributed by atoms with Gasteiger partial charge in [0.05, 0.1) is 0 Å².